The maximum atomic E-state index is 11.9. The number of nitrogens with zero attached hydrogens (tertiary/aromatic N) is 1. The van der Waals surface area contributed by atoms with Crippen molar-refractivity contribution < 1.29 is 4.79 Å². The lowest BCUT2D eigenvalue weighted by molar-refractivity contribution is 0.0955. The summed E-state index contributed by atoms with van der Waals surface area (Å²) in [6.07, 6.45) is 1.62. The first-order chi connectivity index (χ1) is 9.58. The topological polar surface area (TPSA) is 41.5 Å². The Balaban J connectivity index is 2.07. The van der Waals surface area contributed by atoms with Crippen LogP contribution in [0.4, 0.5) is 0 Å². The van der Waals surface area contributed by atoms with Crippen LogP contribution in [-0.4, -0.2) is 12.1 Å². The van der Waals surface area contributed by atoms with E-state index in [1.807, 2.05) is 44.2 Å². The van der Waals surface area contributed by atoms with Crippen LogP contribution in [0.15, 0.2) is 47.6 Å². The molecule has 0 radical (unpaired) electrons. The van der Waals surface area contributed by atoms with Crippen molar-refractivity contribution in [2.45, 2.75) is 13.8 Å². The quantitative estimate of drug-likeness (QED) is 0.678. The molecule has 0 fully saturated rings. The summed E-state index contributed by atoms with van der Waals surface area (Å²) in [5.74, 6) is -0.320. The molecule has 102 valence electrons. The number of benzene rings is 2. The summed E-state index contributed by atoms with van der Waals surface area (Å²) >= 11 is 6.03. The molecule has 2 aromatic carbocycles. The van der Waals surface area contributed by atoms with E-state index in [0.29, 0.717) is 10.6 Å². The summed E-state index contributed by atoms with van der Waals surface area (Å²) in [5.41, 5.74) is 5.96. The fourth-order valence-corrected chi connectivity index (χ4v) is 2.08. The predicted octanol–water partition coefficient (Wildman–Crippen LogP) is 3.72. The van der Waals surface area contributed by atoms with Crippen LogP contribution in [0.5, 0.6) is 0 Å². The van der Waals surface area contributed by atoms with Crippen LogP contribution >= 0.6 is 11.6 Å². The zero-order chi connectivity index (χ0) is 14.5. The van der Waals surface area contributed by atoms with Gasteiger partial charge in [0, 0.05) is 0 Å². The number of halogens is 1. The lowest BCUT2D eigenvalue weighted by Gasteiger charge is -2.03. The zero-order valence-electron chi connectivity index (χ0n) is 11.4. The van der Waals surface area contributed by atoms with E-state index in [1.54, 1.807) is 18.3 Å². The molecule has 0 aromatic heterocycles. The van der Waals surface area contributed by atoms with Gasteiger partial charge in [0.1, 0.15) is 0 Å². The van der Waals surface area contributed by atoms with Crippen molar-refractivity contribution in [2.75, 3.05) is 0 Å². The molecule has 3 nitrogen and oxygen atoms in total. The van der Waals surface area contributed by atoms with E-state index in [1.165, 1.54) is 0 Å². The maximum Gasteiger partial charge on any atom is 0.272 e. The third-order valence-electron chi connectivity index (χ3n) is 2.93. The number of amides is 1. The highest BCUT2D eigenvalue weighted by Crippen LogP contribution is 2.17. The van der Waals surface area contributed by atoms with Crippen molar-refractivity contribution in [3.63, 3.8) is 0 Å². The van der Waals surface area contributed by atoms with Gasteiger partial charge in [0.2, 0.25) is 0 Å². The SMILES string of the molecule is Cc1ccc(C(=O)N/N=C\c2ccccc2C)c(Cl)c1. The Morgan fingerprint density at radius 1 is 1.20 bits per heavy atom. The van der Waals surface area contributed by atoms with Crippen molar-refractivity contribution in [3.8, 4) is 0 Å². The van der Waals surface area contributed by atoms with Crippen LogP contribution in [0.1, 0.15) is 27.0 Å². The van der Waals surface area contributed by atoms with E-state index in [4.69, 9.17) is 11.6 Å². The second kappa shape index (κ2) is 6.35. The van der Waals surface area contributed by atoms with Gasteiger partial charge >= 0.3 is 0 Å². The van der Waals surface area contributed by atoms with E-state index >= 15 is 0 Å². The Hall–Kier alpha value is -2.13. The van der Waals surface area contributed by atoms with Crippen molar-refractivity contribution in [3.05, 3.63) is 69.7 Å². The van der Waals surface area contributed by atoms with E-state index in [9.17, 15) is 4.79 Å². The Labute approximate surface area is 123 Å². The number of hydrogen-bond donors (Lipinski definition) is 1. The highest BCUT2D eigenvalue weighted by atomic mass is 35.5. The smallest absolute Gasteiger partial charge is 0.267 e. The molecule has 0 aliphatic carbocycles. The minimum Gasteiger partial charge on any atom is -0.267 e. The molecule has 0 saturated heterocycles. The number of nitrogens with one attached hydrogen (secondary N) is 1. The van der Waals surface area contributed by atoms with Gasteiger partial charge in [-0.25, -0.2) is 5.43 Å². The number of rotatable bonds is 3. The fraction of sp³-hybridized carbons (Fsp3) is 0.125. The molecule has 0 aliphatic rings. The Morgan fingerprint density at radius 3 is 2.65 bits per heavy atom. The molecule has 0 atom stereocenters. The van der Waals surface area contributed by atoms with Gasteiger partial charge < -0.3 is 0 Å². The molecule has 0 bridgehead atoms. The molecule has 4 heteroatoms. The second-order valence-electron chi connectivity index (χ2n) is 4.54. The molecule has 0 aliphatic heterocycles. The van der Waals surface area contributed by atoms with Crippen LogP contribution in [0.25, 0.3) is 0 Å². The summed E-state index contributed by atoms with van der Waals surface area (Å²) in [4.78, 5) is 11.9. The highest BCUT2D eigenvalue weighted by Gasteiger charge is 2.08. The molecule has 0 unspecified atom stereocenters. The first-order valence-corrected chi connectivity index (χ1v) is 6.61. The van der Waals surface area contributed by atoms with Crippen molar-refractivity contribution in [1.29, 1.82) is 0 Å². The normalized spacial score (nSPS) is 10.8. The first kappa shape index (κ1) is 14.3. The standard InChI is InChI=1S/C16H15ClN2O/c1-11-7-8-14(15(17)9-11)16(20)19-18-10-13-6-4-3-5-12(13)2/h3-10H,1-2H3,(H,19,20)/b18-10-. The molecule has 2 aromatic rings. The van der Waals surface area contributed by atoms with Crippen LogP contribution in [0.2, 0.25) is 5.02 Å². The number of hydrogen-bond acceptors (Lipinski definition) is 2. The Kier molecular flexibility index (Phi) is 4.53. The minimum atomic E-state index is -0.320. The van der Waals surface area contributed by atoms with E-state index < -0.39 is 0 Å². The summed E-state index contributed by atoms with van der Waals surface area (Å²) in [6, 6.07) is 13.1. The number of carbonyl (C=O) groups is 1. The maximum absolute atomic E-state index is 11.9. The molecule has 0 heterocycles. The van der Waals surface area contributed by atoms with Crippen LogP contribution < -0.4 is 5.43 Å². The first-order valence-electron chi connectivity index (χ1n) is 6.23. The van der Waals surface area contributed by atoms with Gasteiger partial charge in [-0.2, -0.15) is 5.10 Å². The number of aryl methyl sites for hydroxylation is 2. The highest BCUT2D eigenvalue weighted by molar-refractivity contribution is 6.33. The van der Waals surface area contributed by atoms with E-state index in [0.717, 1.165) is 16.7 Å². The van der Waals surface area contributed by atoms with Crippen LogP contribution in [0.3, 0.4) is 0 Å². The molecule has 2 rings (SSSR count). The minimum absolute atomic E-state index is 0.320. The van der Waals surface area contributed by atoms with Crippen molar-refractivity contribution >= 4 is 23.7 Å². The van der Waals surface area contributed by atoms with Crippen molar-refractivity contribution in [1.82, 2.24) is 5.43 Å². The van der Waals surface area contributed by atoms with Crippen LogP contribution in [0, 0.1) is 13.8 Å². The molecule has 0 saturated carbocycles. The lowest BCUT2D eigenvalue weighted by atomic mass is 10.1. The molecule has 0 spiro atoms. The summed E-state index contributed by atoms with van der Waals surface area (Å²) in [7, 11) is 0. The summed E-state index contributed by atoms with van der Waals surface area (Å²) in [6.45, 7) is 3.91. The van der Waals surface area contributed by atoms with Gasteiger partial charge in [-0.3, -0.25) is 4.79 Å². The van der Waals surface area contributed by atoms with Gasteiger partial charge in [-0.1, -0.05) is 41.9 Å². The van der Waals surface area contributed by atoms with Gasteiger partial charge in [0.05, 0.1) is 16.8 Å². The fourth-order valence-electron chi connectivity index (χ4n) is 1.76. The zero-order valence-corrected chi connectivity index (χ0v) is 12.1. The number of carbonyl (C=O) groups excluding carboxylic acids is 1. The average molecular weight is 287 g/mol. The van der Waals surface area contributed by atoms with Gasteiger partial charge in [-0.05, 0) is 42.7 Å². The Bertz CT molecular complexity index is 665. The number of hydrazone groups is 1. The van der Waals surface area contributed by atoms with Crippen molar-refractivity contribution in [2.24, 2.45) is 5.10 Å². The molecule has 1 amide bonds. The predicted molar refractivity (Wildman–Crippen MR) is 82.4 cm³/mol. The van der Waals surface area contributed by atoms with E-state index in [-0.39, 0.29) is 5.91 Å². The molecule has 1 N–H and O–H groups in total. The van der Waals surface area contributed by atoms with E-state index in [2.05, 4.69) is 10.5 Å². The molecular formula is C16H15ClN2O. The summed E-state index contributed by atoms with van der Waals surface area (Å²) < 4.78 is 0. The Morgan fingerprint density at radius 2 is 1.95 bits per heavy atom. The third-order valence-corrected chi connectivity index (χ3v) is 3.24. The van der Waals surface area contributed by atoms with Crippen LogP contribution in [-0.2, 0) is 0 Å². The molecule has 20 heavy (non-hydrogen) atoms. The van der Waals surface area contributed by atoms with Gasteiger partial charge in [0.15, 0.2) is 0 Å². The average Bonchev–Trinajstić information content (AvgIpc) is 2.40. The third kappa shape index (κ3) is 3.45. The van der Waals surface area contributed by atoms with Gasteiger partial charge in [-0.15, -0.1) is 0 Å². The monoisotopic (exact) mass is 286 g/mol. The second-order valence-corrected chi connectivity index (χ2v) is 4.95. The molecular weight excluding hydrogens is 272 g/mol. The lowest BCUT2D eigenvalue weighted by Crippen LogP contribution is -2.18. The van der Waals surface area contributed by atoms with Gasteiger partial charge in [0.25, 0.3) is 5.91 Å². The summed E-state index contributed by atoms with van der Waals surface area (Å²) in [5, 5.41) is 4.38. The largest absolute Gasteiger partial charge is 0.272 e.